The maximum atomic E-state index is 4.46. The van der Waals surface area contributed by atoms with Crippen LogP contribution >= 0.6 is 11.3 Å². The summed E-state index contributed by atoms with van der Waals surface area (Å²) in [6.07, 6.45) is 1.84. The molecule has 1 aromatic carbocycles. The molecule has 0 aliphatic heterocycles. The van der Waals surface area contributed by atoms with Crippen LogP contribution in [0.3, 0.4) is 0 Å². The molecule has 0 aliphatic rings. The average Bonchev–Trinajstić information content (AvgIpc) is 3.11. The van der Waals surface area contributed by atoms with Crippen molar-refractivity contribution in [2.24, 2.45) is 0 Å². The van der Waals surface area contributed by atoms with Crippen LogP contribution in [-0.4, -0.2) is 21.8 Å². The summed E-state index contributed by atoms with van der Waals surface area (Å²) in [4.78, 5) is 5.57. The molecule has 3 aromatic rings. The third-order valence-electron chi connectivity index (χ3n) is 3.30. The summed E-state index contributed by atoms with van der Waals surface area (Å²) in [5.74, 6) is 0. The van der Waals surface area contributed by atoms with Gasteiger partial charge in [-0.15, -0.1) is 11.3 Å². The molecule has 3 rings (SSSR count). The van der Waals surface area contributed by atoms with Crippen LogP contribution in [-0.2, 0) is 0 Å². The zero-order chi connectivity index (χ0) is 13.9. The molecule has 20 heavy (non-hydrogen) atoms. The fourth-order valence-electron chi connectivity index (χ4n) is 2.32. The molecule has 4 nitrogen and oxygen atoms in total. The molecule has 0 aliphatic carbocycles. The molecule has 0 fully saturated rings. The quantitative estimate of drug-likeness (QED) is 0.801. The van der Waals surface area contributed by atoms with E-state index in [0.29, 0.717) is 0 Å². The van der Waals surface area contributed by atoms with Gasteiger partial charge in [0.2, 0.25) is 0 Å². The van der Waals surface area contributed by atoms with E-state index in [1.54, 1.807) is 11.3 Å². The Hall–Kier alpha value is -1.98. The molecular formula is C15H16N4S. The van der Waals surface area contributed by atoms with E-state index in [2.05, 4.69) is 27.5 Å². The topological polar surface area (TPSA) is 42.7 Å². The largest absolute Gasteiger partial charge is 0.307 e. The lowest BCUT2D eigenvalue weighted by molar-refractivity contribution is 0.642. The van der Waals surface area contributed by atoms with Gasteiger partial charge in [-0.2, -0.15) is 5.10 Å². The maximum absolute atomic E-state index is 4.46. The first-order chi connectivity index (χ1) is 9.81. The first kappa shape index (κ1) is 13.0. The van der Waals surface area contributed by atoms with Crippen molar-refractivity contribution in [3.8, 4) is 5.69 Å². The Balaban J connectivity index is 2.07. The highest BCUT2D eigenvalue weighted by Gasteiger charge is 2.20. The summed E-state index contributed by atoms with van der Waals surface area (Å²) in [5, 5.41) is 7.82. The first-order valence-electron chi connectivity index (χ1n) is 6.48. The Bertz CT molecular complexity index is 687. The van der Waals surface area contributed by atoms with Gasteiger partial charge in [-0.1, -0.05) is 18.2 Å². The molecule has 0 radical (unpaired) electrons. The van der Waals surface area contributed by atoms with E-state index < -0.39 is 0 Å². The number of benzene rings is 1. The number of nitrogens with zero attached hydrogens (tertiary/aromatic N) is 3. The van der Waals surface area contributed by atoms with Crippen molar-refractivity contribution in [3.05, 3.63) is 64.4 Å². The van der Waals surface area contributed by atoms with Gasteiger partial charge in [0.1, 0.15) is 0 Å². The van der Waals surface area contributed by atoms with Gasteiger partial charge in [0.25, 0.3) is 0 Å². The Morgan fingerprint density at radius 3 is 2.65 bits per heavy atom. The molecule has 1 N–H and O–H groups in total. The summed E-state index contributed by atoms with van der Waals surface area (Å²) < 4.78 is 1.97. The molecule has 5 heteroatoms. The second-order valence-electron chi connectivity index (χ2n) is 4.53. The van der Waals surface area contributed by atoms with E-state index in [1.165, 1.54) is 4.88 Å². The maximum Gasteiger partial charge on any atom is 0.0862 e. The van der Waals surface area contributed by atoms with E-state index in [0.717, 1.165) is 17.1 Å². The van der Waals surface area contributed by atoms with Gasteiger partial charge in [0.15, 0.2) is 0 Å². The van der Waals surface area contributed by atoms with Gasteiger partial charge in [-0.25, -0.2) is 9.67 Å². The lowest BCUT2D eigenvalue weighted by Gasteiger charge is -2.17. The van der Waals surface area contributed by atoms with Crippen LogP contribution in [0.1, 0.15) is 22.3 Å². The van der Waals surface area contributed by atoms with E-state index in [4.69, 9.17) is 0 Å². The number of aromatic nitrogens is 3. The van der Waals surface area contributed by atoms with E-state index in [9.17, 15) is 0 Å². The number of thiazole rings is 1. The second kappa shape index (κ2) is 5.56. The van der Waals surface area contributed by atoms with Crippen molar-refractivity contribution in [1.29, 1.82) is 0 Å². The average molecular weight is 284 g/mol. The number of rotatable bonds is 4. The van der Waals surface area contributed by atoms with Crippen LogP contribution in [0.15, 0.2) is 48.1 Å². The molecule has 102 valence electrons. The summed E-state index contributed by atoms with van der Waals surface area (Å²) in [6, 6.07) is 12.3. The van der Waals surface area contributed by atoms with Crippen molar-refractivity contribution in [1.82, 2.24) is 20.1 Å². The normalized spacial score (nSPS) is 12.5. The smallest absolute Gasteiger partial charge is 0.0862 e. The summed E-state index contributed by atoms with van der Waals surface area (Å²) in [5.41, 5.74) is 5.13. The lowest BCUT2D eigenvalue weighted by atomic mass is 10.1. The van der Waals surface area contributed by atoms with Crippen LogP contribution in [0.4, 0.5) is 0 Å². The molecule has 0 bridgehead atoms. The third-order valence-corrected chi connectivity index (χ3v) is 4.30. The highest BCUT2D eigenvalue weighted by molar-refractivity contribution is 7.09. The minimum Gasteiger partial charge on any atom is -0.307 e. The number of nitrogens with one attached hydrogen (secondary N) is 1. The molecular weight excluding hydrogens is 268 g/mol. The van der Waals surface area contributed by atoms with Crippen LogP contribution in [0.5, 0.6) is 0 Å². The first-order valence-corrected chi connectivity index (χ1v) is 7.36. The minimum absolute atomic E-state index is 0.102. The van der Waals surface area contributed by atoms with Crippen molar-refractivity contribution in [2.45, 2.75) is 13.0 Å². The molecule has 0 saturated carbocycles. The zero-order valence-electron chi connectivity index (χ0n) is 11.4. The highest BCUT2D eigenvalue weighted by atomic mass is 32.1. The Labute approximate surface area is 122 Å². The summed E-state index contributed by atoms with van der Waals surface area (Å²) in [6.45, 7) is 2.04. The van der Waals surface area contributed by atoms with Gasteiger partial charge >= 0.3 is 0 Å². The van der Waals surface area contributed by atoms with E-state index in [1.807, 2.05) is 54.6 Å². The molecule has 0 spiro atoms. The van der Waals surface area contributed by atoms with Gasteiger partial charge in [-0.3, -0.25) is 0 Å². The highest BCUT2D eigenvalue weighted by Crippen LogP contribution is 2.28. The fraction of sp³-hybridized carbons (Fsp3) is 0.200. The fourth-order valence-corrected chi connectivity index (χ4v) is 3.24. The second-order valence-corrected chi connectivity index (χ2v) is 5.41. The van der Waals surface area contributed by atoms with Crippen molar-refractivity contribution < 1.29 is 0 Å². The van der Waals surface area contributed by atoms with E-state index in [-0.39, 0.29) is 6.04 Å². The SMILES string of the molecule is CNC(c1scnc1C)c1ccnn1-c1ccccc1. The minimum atomic E-state index is 0.102. The van der Waals surface area contributed by atoms with Gasteiger partial charge in [-0.05, 0) is 32.2 Å². The van der Waals surface area contributed by atoms with Crippen LogP contribution in [0.25, 0.3) is 5.69 Å². The lowest BCUT2D eigenvalue weighted by Crippen LogP contribution is -2.21. The molecule has 2 aromatic heterocycles. The third kappa shape index (κ3) is 2.26. The Morgan fingerprint density at radius 1 is 1.20 bits per heavy atom. The monoisotopic (exact) mass is 284 g/mol. The van der Waals surface area contributed by atoms with Crippen LogP contribution < -0.4 is 5.32 Å². The number of hydrogen-bond acceptors (Lipinski definition) is 4. The van der Waals surface area contributed by atoms with Gasteiger partial charge in [0, 0.05) is 6.20 Å². The van der Waals surface area contributed by atoms with Crippen LogP contribution in [0, 0.1) is 6.92 Å². The van der Waals surface area contributed by atoms with E-state index >= 15 is 0 Å². The summed E-state index contributed by atoms with van der Waals surface area (Å²) >= 11 is 1.67. The Morgan fingerprint density at radius 2 is 2.00 bits per heavy atom. The van der Waals surface area contributed by atoms with Crippen LogP contribution in [0.2, 0.25) is 0 Å². The molecule has 0 saturated heterocycles. The predicted molar refractivity (Wildman–Crippen MR) is 81.3 cm³/mol. The molecule has 1 atom stereocenters. The van der Waals surface area contributed by atoms with Gasteiger partial charge < -0.3 is 5.32 Å². The number of aryl methyl sites for hydroxylation is 1. The molecule has 0 amide bonds. The molecule has 1 unspecified atom stereocenters. The predicted octanol–water partition coefficient (Wildman–Crippen LogP) is 2.95. The number of hydrogen-bond donors (Lipinski definition) is 1. The summed E-state index contributed by atoms with van der Waals surface area (Å²) in [7, 11) is 1.96. The van der Waals surface area contributed by atoms with Crippen molar-refractivity contribution in [2.75, 3.05) is 7.05 Å². The zero-order valence-corrected chi connectivity index (χ0v) is 12.3. The standard InChI is InChI=1S/C15H16N4S/c1-11-15(20-10-17-11)14(16-2)13-8-9-18-19(13)12-6-4-3-5-7-12/h3-10,14,16H,1-2H3. The Kier molecular flexibility index (Phi) is 3.62. The van der Waals surface area contributed by atoms with Crippen molar-refractivity contribution in [3.63, 3.8) is 0 Å². The van der Waals surface area contributed by atoms with Crippen molar-refractivity contribution >= 4 is 11.3 Å². The van der Waals surface area contributed by atoms with Gasteiger partial charge in [0.05, 0.1) is 33.5 Å². The number of para-hydroxylation sites is 1. The molecule has 2 heterocycles.